The molecule has 4 N–H and O–H groups in total. The van der Waals surface area contributed by atoms with Crippen LogP contribution in [0.25, 0.3) is 0 Å². The summed E-state index contributed by atoms with van der Waals surface area (Å²) in [4.78, 5) is 77.9. The average molecular weight is 664 g/mol. The van der Waals surface area contributed by atoms with Gasteiger partial charge >= 0.3 is 0 Å². The number of piperidine rings is 1. The average Bonchev–Trinajstić information content (AvgIpc) is 3.59. The number of aromatic nitrogens is 2. The number of hydrogen-bond acceptors (Lipinski definition) is 9. The Morgan fingerprint density at radius 2 is 1.90 bits per heavy atom. The number of nitrogens with one attached hydrogen (secondary N) is 3. The number of fused-ring (bicyclic) bond motifs is 3. The van der Waals surface area contributed by atoms with Crippen LogP contribution >= 0.6 is 0 Å². The van der Waals surface area contributed by atoms with E-state index in [1.54, 1.807) is 24.1 Å². The van der Waals surface area contributed by atoms with Gasteiger partial charge in [-0.15, -0.1) is 0 Å². The molecule has 5 rings (SSSR count). The topological polar surface area (TPSA) is 183 Å². The zero-order chi connectivity index (χ0) is 34.3. The van der Waals surface area contributed by atoms with Crippen LogP contribution in [-0.2, 0) is 32.0 Å². The summed E-state index contributed by atoms with van der Waals surface area (Å²) in [5.74, 6) is -1.62. The molecule has 48 heavy (non-hydrogen) atoms. The van der Waals surface area contributed by atoms with Crippen molar-refractivity contribution in [3.8, 4) is 5.75 Å². The third-order valence-corrected chi connectivity index (χ3v) is 9.51. The molecule has 258 valence electrons. The van der Waals surface area contributed by atoms with E-state index in [2.05, 4.69) is 25.9 Å². The van der Waals surface area contributed by atoms with Gasteiger partial charge in [-0.25, -0.2) is 9.97 Å². The molecule has 0 unspecified atom stereocenters. The summed E-state index contributed by atoms with van der Waals surface area (Å²) in [5, 5.41) is 18.4. The number of ether oxygens (including phenoxy) is 1. The Hall–Kier alpha value is -4.59. The van der Waals surface area contributed by atoms with E-state index in [1.165, 1.54) is 11.2 Å². The third-order valence-electron chi connectivity index (χ3n) is 9.51. The smallest absolute Gasteiger partial charge is 0.258 e. The Balaban J connectivity index is 1.38. The van der Waals surface area contributed by atoms with Gasteiger partial charge in [-0.2, -0.15) is 0 Å². The molecule has 2 fully saturated rings. The van der Waals surface area contributed by atoms with Gasteiger partial charge in [-0.3, -0.25) is 24.0 Å². The predicted molar refractivity (Wildman–Crippen MR) is 174 cm³/mol. The van der Waals surface area contributed by atoms with E-state index < -0.39 is 53.8 Å². The van der Waals surface area contributed by atoms with Crippen molar-refractivity contribution in [1.82, 2.24) is 35.7 Å². The first-order valence-electron chi connectivity index (χ1n) is 16.7. The minimum atomic E-state index is -1.22. The van der Waals surface area contributed by atoms with Gasteiger partial charge in [0.25, 0.3) is 11.8 Å². The molecule has 0 radical (unpaired) electrons. The highest BCUT2D eigenvalue weighted by molar-refractivity contribution is 5.95. The fourth-order valence-electron chi connectivity index (χ4n) is 6.82. The second-order valence-electron chi connectivity index (χ2n) is 13.0. The van der Waals surface area contributed by atoms with E-state index in [9.17, 15) is 29.1 Å². The van der Waals surface area contributed by atoms with E-state index in [-0.39, 0.29) is 19.1 Å². The minimum Gasteiger partial charge on any atom is -0.484 e. The number of rotatable bonds is 4. The highest BCUT2D eigenvalue weighted by Crippen LogP contribution is 2.36. The number of hydrogen-bond donors (Lipinski definition) is 4. The number of carbonyl (C=O) groups excluding carboxylic acids is 5. The molecule has 5 amide bonds. The second-order valence-corrected chi connectivity index (χ2v) is 13.0. The number of aliphatic hydroxyl groups is 1. The van der Waals surface area contributed by atoms with Crippen molar-refractivity contribution in [3.63, 3.8) is 0 Å². The van der Waals surface area contributed by atoms with Crippen LogP contribution in [0, 0.1) is 5.41 Å². The van der Waals surface area contributed by atoms with Crippen LogP contribution < -0.4 is 20.7 Å². The van der Waals surface area contributed by atoms with E-state index in [0.29, 0.717) is 69.5 Å². The Morgan fingerprint density at radius 3 is 2.65 bits per heavy atom. The lowest BCUT2D eigenvalue weighted by atomic mass is 9.73. The van der Waals surface area contributed by atoms with E-state index >= 15 is 0 Å². The molecular weight excluding hydrogens is 618 g/mol. The van der Waals surface area contributed by atoms with E-state index in [0.717, 1.165) is 17.7 Å². The maximum Gasteiger partial charge on any atom is 0.258 e. The van der Waals surface area contributed by atoms with Crippen LogP contribution in [-0.4, -0.2) is 112 Å². The SMILES string of the molecule is CCCc1ncncc1C(=O)N1CCC2(CC1)CNC(=O)[C@H](CO)NC(=O)[C@@H]1CCCN1C(=O)[C@H](C)NC(=O)COc1cccc(c1)C2. The standard InChI is InChI=1S/C34H45N7O7/c1-3-6-26-25(17-35-21-37-26)33(47)40-13-10-34(11-14-40)16-23-7-4-8-24(15-23)48-19-29(43)38-22(2)32(46)41-12-5-9-28(41)31(45)39-27(18-42)30(44)36-20-34/h4,7-8,15,17,21-22,27-28,42H,3,5-6,9-14,16,18-20H2,1-2H3,(H,36,44)(H,38,43)(H,39,45)/t22-,27-,28-/m0/s1. The molecule has 14 heteroatoms. The first-order valence-corrected chi connectivity index (χ1v) is 16.7. The lowest BCUT2D eigenvalue weighted by Crippen LogP contribution is -2.57. The van der Waals surface area contributed by atoms with Gasteiger partial charge in [-0.1, -0.05) is 25.5 Å². The Kier molecular flexibility index (Phi) is 11.2. The maximum absolute atomic E-state index is 13.6. The van der Waals surface area contributed by atoms with Gasteiger partial charge in [0.2, 0.25) is 17.7 Å². The van der Waals surface area contributed by atoms with Crippen molar-refractivity contribution in [3.05, 3.63) is 53.6 Å². The van der Waals surface area contributed by atoms with E-state index in [4.69, 9.17) is 4.74 Å². The van der Waals surface area contributed by atoms with Gasteiger partial charge in [0, 0.05) is 32.4 Å². The molecule has 3 aliphatic rings. The summed E-state index contributed by atoms with van der Waals surface area (Å²) in [6, 6.07) is 4.42. The van der Waals surface area contributed by atoms with Crippen LogP contribution in [0.4, 0.5) is 0 Å². The van der Waals surface area contributed by atoms with Crippen molar-refractivity contribution in [2.75, 3.05) is 39.4 Å². The Morgan fingerprint density at radius 1 is 1.10 bits per heavy atom. The normalized spacial score (nSPS) is 23.9. The quantitative estimate of drug-likeness (QED) is 0.359. The fraction of sp³-hybridized carbons (Fsp3) is 0.559. The van der Waals surface area contributed by atoms with Gasteiger partial charge in [0.1, 0.15) is 30.2 Å². The maximum atomic E-state index is 13.6. The summed E-state index contributed by atoms with van der Waals surface area (Å²) in [6.07, 6.45) is 7.18. The van der Waals surface area contributed by atoms with E-state index in [1.807, 2.05) is 25.1 Å². The number of aliphatic hydroxyl groups excluding tert-OH is 1. The van der Waals surface area contributed by atoms with Crippen molar-refractivity contribution >= 4 is 29.5 Å². The Bertz CT molecular complexity index is 1510. The number of likely N-dealkylation sites (tertiary alicyclic amines) is 1. The molecule has 1 spiro atoms. The van der Waals surface area contributed by atoms with Crippen molar-refractivity contribution in [2.24, 2.45) is 5.41 Å². The lowest BCUT2D eigenvalue weighted by molar-refractivity contribution is -0.142. The lowest BCUT2D eigenvalue weighted by Gasteiger charge is -2.42. The van der Waals surface area contributed by atoms with Gasteiger partial charge < -0.3 is 35.6 Å². The molecule has 1 aromatic carbocycles. The van der Waals surface area contributed by atoms with Gasteiger partial charge in [-0.05, 0) is 68.6 Å². The molecule has 1 aromatic heterocycles. The predicted octanol–water partition coefficient (Wildman–Crippen LogP) is 0.376. The molecule has 0 aliphatic carbocycles. The monoisotopic (exact) mass is 663 g/mol. The molecule has 2 aromatic rings. The number of carbonyl (C=O) groups is 5. The van der Waals surface area contributed by atoms with Crippen LogP contribution in [0.3, 0.4) is 0 Å². The Labute approximate surface area is 280 Å². The summed E-state index contributed by atoms with van der Waals surface area (Å²) >= 11 is 0. The minimum absolute atomic E-state index is 0.125. The summed E-state index contributed by atoms with van der Waals surface area (Å²) < 4.78 is 5.80. The van der Waals surface area contributed by atoms with Crippen LogP contribution in [0.15, 0.2) is 36.8 Å². The summed E-state index contributed by atoms with van der Waals surface area (Å²) in [5.41, 5.74) is 1.66. The third kappa shape index (κ3) is 8.09. The number of aryl methyl sites for hydroxylation is 1. The summed E-state index contributed by atoms with van der Waals surface area (Å²) in [7, 11) is 0. The second kappa shape index (κ2) is 15.5. The molecule has 0 saturated carbocycles. The molecule has 2 bridgehead atoms. The first-order chi connectivity index (χ1) is 23.1. The van der Waals surface area contributed by atoms with Crippen molar-refractivity contribution < 1.29 is 33.8 Å². The zero-order valence-corrected chi connectivity index (χ0v) is 27.6. The summed E-state index contributed by atoms with van der Waals surface area (Å²) in [6.45, 7) is 4.10. The molecule has 3 aliphatic heterocycles. The van der Waals surface area contributed by atoms with Gasteiger partial charge in [0.15, 0.2) is 6.61 Å². The number of nitrogens with zero attached hydrogens (tertiary/aromatic N) is 4. The number of amides is 5. The first kappa shape index (κ1) is 34.7. The molecule has 2 saturated heterocycles. The largest absolute Gasteiger partial charge is 0.484 e. The molecule has 3 atom stereocenters. The highest BCUT2D eigenvalue weighted by Gasteiger charge is 2.40. The fourth-order valence-corrected chi connectivity index (χ4v) is 6.82. The number of benzene rings is 1. The zero-order valence-electron chi connectivity index (χ0n) is 27.6. The molecular formula is C34H45N7O7. The molecule has 14 nitrogen and oxygen atoms in total. The molecule has 4 heterocycles. The van der Waals surface area contributed by atoms with Crippen LogP contribution in [0.1, 0.15) is 67.6 Å². The highest BCUT2D eigenvalue weighted by atomic mass is 16.5. The van der Waals surface area contributed by atoms with Crippen molar-refractivity contribution in [1.29, 1.82) is 0 Å². The van der Waals surface area contributed by atoms with Crippen LogP contribution in [0.5, 0.6) is 5.75 Å². The van der Waals surface area contributed by atoms with Crippen LogP contribution in [0.2, 0.25) is 0 Å². The van der Waals surface area contributed by atoms with Gasteiger partial charge in [0.05, 0.1) is 17.9 Å². The van der Waals surface area contributed by atoms with Crippen molar-refractivity contribution in [2.45, 2.75) is 76.9 Å².